The van der Waals surface area contributed by atoms with Gasteiger partial charge in [-0.1, -0.05) is 0 Å². The van der Waals surface area contributed by atoms with Crippen molar-refractivity contribution >= 4 is 11.7 Å². The van der Waals surface area contributed by atoms with Crippen molar-refractivity contribution in [2.75, 3.05) is 12.4 Å². The van der Waals surface area contributed by atoms with E-state index in [4.69, 9.17) is 4.42 Å². The van der Waals surface area contributed by atoms with Crippen LogP contribution in [-0.4, -0.2) is 13.1 Å². The highest BCUT2D eigenvalue weighted by Crippen LogP contribution is 2.16. The summed E-state index contributed by atoms with van der Waals surface area (Å²) in [6.07, 6.45) is 0. The first-order valence-corrected chi connectivity index (χ1v) is 5.77. The standard InChI is InChI=1S/C14H14FNO3/c1-9-7-10(3-5-12(9)15)16-8-11-4-6-13(19-11)14(17)18-2/h3-7,16H,8H2,1-2H3. The summed E-state index contributed by atoms with van der Waals surface area (Å²) in [5.41, 5.74) is 1.36. The zero-order chi connectivity index (χ0) is 13.8. The molecule has 2 rings (SSSR count). The third kappa shape index (κ3) is 3.13. The summed E-state index contributed by atoms with van der Waals surface area (Å²) < 4.78 is 22.9. The molecule has 100 valence electrons. The number of benzene rings is 1. The number of carbonyl (C=O) groups excluding carboxylic acids is 1. The van der Waals surface area contributed by atoms with Crippen LogP contribution in [0.5, 0.6) is 0 Å². The first kappa shape index (κ1) is 13.1. The highest BCUT2D eigenvalue weighted by Gasteiger charge is 2.10. The molecule has 0 radical (unpaired) electrons. The molecule has 0 saturated carbocycles. The minimum Gasteiger partial charge on any atom is -0.463 e. The second-order valence-corrected chi connectivity index (χ2v) is 4.08. The Hall–Kier alpha value is -2.30. The van der Waals surface area contributed by atoms with E-state index in [2.05, 4.69) is 10.1 Å². The summed E-state index contributed by atoms with van der Waals surface area (Å²) in [6.45, 7) is 2.10. The van der Waals surface area contributed by atoms with Crippen LogP contribution in [0.15, 0.2) is 34.7 Å². The Labute approximate surface area is 110 Å². The van der Waals surface area contributed by atoms with Crippen LogP contribution in [0, 0.1) is 12.7 Å². The van der Waals surface area contributed by atoms with Gasteiger partial charge in [0.1, 0.15) is 11.6 Å². The van der Waals surface area contributed by atoms with Gasteiger partial charge in [0.2, 0.25) is 5.76 Å². The van der Waals surface area contributed by atoms with Gasteiger partial charge in [0.05, 0.1) is 13.7 Å². The van der Waals surface area contributed by atoms with Crippen molar-refractivity contribution < 1.29 is 18.3 Å². The molecule has 0 aliphatic heterocycles. The molecule has 1 heterocycles. The molecule has 0 aliphatic carbocycles. The van der Waals surface area contributed by atoms with Gasteiger partial charge in [0.15, 0.2) is 0 Å². The summed E-state index contributed by atoms with van der Waals surface area (Å²) in [4.78, 5) is 11.2. The molecule has 0 atom stereocenters. The number of hydrogen-bond acceptors (Lipinski definition) is 4. The topological polar surface area (TPSA) is 51.5 Å². The number of carbonyl (C=O) groups is 1. The van der Waals surface area contributed by atoms with Gasteiger partial charge < -0.3 is 14.5 Å². The molecule has 0 spiro atoms. The highest BCUT2D eigenvalue weighted by atomic mass is 19.1. The maximum Gasteiger partial charge on any atom is 0.373 e. The van der Waals surface area contributed by atoms with Crippen molar-refractivity contribution in [3.63, 3.8) is 0 Å². The van der Waals surface area contributed by atoms with Crippen molar-refractivity contribution in [2.24, 2.45) is 0 Å². The number of nitrogens with one attached hydrogen (secondary N) is 1. The van der Waals surface area contributed by atoms with Crippen molar-refractivity contribution in [3.8, 4) is 0 Å². The molecule has 0 amide bonds. The Kier molecular flexibility index (Phi) is 3.85. The summed E-state index contributed by atoms with van der Waals surface area (Å²) in [6, 6.07) is 8.00. The van der Waals surface area contributed by atoms with E-state index in [0.717, 1.165) is 5.69 Å². The smallest absolute Gasteiger partial charge is 0.373 e. The van der Waals surface area contributed by atoms with Gasteiger partial charge in [-0.2, -0.15) is 0 Å². The molecular weight excluding hydrogens is 249 g/mol. The maximum absolute atomic E-state index is 13.1. The van der Waals surface area contributed by atoms with Gasteiger partial charge in [0.25, 0.3) is 0 Å². The average molecular weight is 263 g/mol. The fourth-order valence-corrected chi connectivity index (χ4v) is 1.63. The maximum atomic E-state index is 13.1. The Balaban J connectivity index is 2.00. The number of ether oxygens (including phenoxy) is 1. The second-order valence-electron chi connectivity index (χ2n) is 4.08. The Bertz CT molecular complexity index is 592. The van der Waals surface area contributed by atoms with Gasteiger partial charge in [-0.3, -0.25) is 0 Å². The van der Waals surface area contributed by atoms with E-state index in [1.807, 2.05) is 0 Å². The summed E-state index contributed by atoms with van der Waals surface area (Å²) in [5.74, 6) is 0.0115. The molecule has 2 aromatic rings. The minimum atomic E-state index is -0.510. The zero-order valence-corrected chi connectivity index (χ0v) is 10.7. The van der Waals surface area contributed by atoms with E-state index in [-0.39, 0.29) is 11.6 Å². The molecule has 0 aliphatic rings. The molecule has 1 aromatic carbocycles. The van der Waals surface area contributed by atoms with Crippen molar-refractivity contribution in [2.45, 2.75) is 13.5 Å². The lowest BCUT2D eigenvalue weighted by atomic mass is 10.2. The Morgan fingerprint density at radius 3 is 2.84 bits per heavy atom. The van der Waals surface area contributed by atoms with Gasteiger partial charge in [-0.25, -0.2) is 9.18 Å². The van der Waals surface area contributed by atoms with E-state index in [1.54, 1.807) is 31.2 Å². The quantitative estimate of drug-likeness (QED) is 0.861. The van der Waals surface area contributed by atoms with Crippen LogP contribution in [-0.2, 0) is 11.3 Å². The summed E-state index contributed by atoms with van der Waals surface area (Å²) in [5, 5.41) is 3.09. The molecule has 19 heavy (non-hydrogen) atoms. The summed E-state index contributed by atoms with van der Waals surface area (Å²) >= 11 is 0. The van der Waals surface area contributed by atoms with E-state index in [0.29, 0.717) is 17.9 Å². The Morgan fingerprint density at radius 1 is 1.37 bits per heavy atom. The molecule has 0 saturated heterocycles. The lowest BCUT2D eigenvalue weighted by molar-refractivity contribution is 0.0563. The fourth-order valence-electron chi connectivity index (χ4n) is 1.63. The first-order valence-electron chi connectivity index (χ1n) is 5.77. The van der Waals surface area contributed by atoms with E-state index < -0.39 is 5.97 Å². The van der Waals surface area contributed by atoms with Crippen LogP contribution in [0.2, 0.25) is 0 Å². The SMILES string of the molecule is COC(=O)c1ccc(CNc2ccc(F)c(C)c2)o1. The first-order chi connectivity index (χ1) is 9.10. The third-order valence-electron chi connectivity index (χ3n) is 2.67. The lowest BCUT2D eigenvalue weighted by Crippen LogP contribution is -2.00. The summed E-state index contributed by atoms with van der Waals surface area (Å²) in [7, 11) is 1.30. The largest absolute Gasteiger partial charge is 0.463 e. The number of rotatable bonds is 4. The van der Waals surface area contributed by atoms with E-state index in [9.17, 15) is 9.18 Å². The van der Waals surface area contributed by atoms with Crippen LogP contribution < -0.4 is 5.32 Å². The normalized spacial score (nSPS) is 10.3. The number of methoxy groups -OCH3 is 1. The number of hydrogen-bond donors (Lipinski definition) is 1. The van der Waals surface area contributed by atoms with Gasteiger partial charge in [-0.15, -0.1) is 0 Å². The number of esters is 1. The predicted octanol–water partition coefficient (Wildman–Crippen LogP) is 3.13. The molecule has 4 nitrogen and oxygen atoms in total. The van der Waals surface area contributed by atoms with Crippen LogP contribution in [0.3, 0.4) is 0 Å². The number of aryl methyl sites for hydroxylation is 1. The fraction of sp³-hybridized carbons (Fsp3) is 0.214. The van der Waals surface area contributed by atoms with E-state index in [1.165, 1.54) is 13.2 Å². The van der Waals surface area contributed by atoms with Crippen molar-refractivity contribution in [1.29, 1.82) is 0 Å². The van der Waals surface area contributed by atoms with Crippen LogP contribution >= 0.6 is 0 Å². The van der Waals surface area contributed by atoms with E-state index >= 15 is 0 Å². The number of halogens is 1. The van der Waals surface area contributed by atoms with Crippen molar-refractivity contribution in [3.05, 3.63) is 53.2 Å². The van der Waals surface area contributed by atoms with Crippen LogP contribution in [0.4, 0.5) is 10.1 Å². The van der Waals surface area contributed by atoms with Crippen LogP contribution in [0.25, 0.3) is 0 Å². The number of anilines is 1. The molecule has 0 bridgehead atoms. The molecular formula is C14H14FNO3. The monoisotopic (exact) mass is 263 g/mol. The molecule has 0 fully saturated rings. The highest BCUT2D eigenvalue weighted by molar-refractivity contribution is 5.86. The zero-order valence-electron chi connectivity index (χ0n) is 10.7. The Morgan fingerprint density at radius 2 is 2.16 bits per heavy atom. The van der Waals surface area contributed by atoms with Gasteiger partial charge >= 0.3 is 5.97 Å². The second kappa shape index (κ2) is 5.56. The number of furan rings is 1. The third-order valence-corrected chi connectivity index (χ3v) is 2.67. The molecule has 0 unspecified atom stereocenters. The lowest BCUT2D eigenvalue weighted by Gasteiger charge is -2.05. The molecule has 1 N–H and O–H groups in total. The van der Waals surface area contributed by atoms with Crippen LogP contribution in [0.1, 0.15) is 21.9 Å². The van der Waals surface area contributed by atoms with Crippen molar-refractivity contribution in [1.82, 2.24) is 0 Å². The molecule has 5 heteroatoms. The minimum absolute atomic E-state index is 0.162. The van der Waals surface area contributed by atoms with Gasteiger partial charge in [-0.05, 0) is 42.8 Å². The molecule has 1 aromatic heterocycles. The average Bonchev–Trinajstić information content (AvgIpc) is 2.88. The predicted molar refractivity (Wildman–Crippen MR) is 68.5 cm³/mol. The van der Waals surface area contributed by atoms with Gasteiger partial charge in [0, 0.05) is 5.69 Å².